The number of nitrogens with zero attached hydrogens (tertiary/aromatic N) is 2. The number of ether oxygens (including phenoxy) is 3. The highest BCUT2D eigenvalue weighted by atomic mass is 79.9. The van der Waals surface area contributed by atoms with Gasteiger partial charge in [-0.15, -0.1) is 0 Å². The van der Waals surface area contributed by atoms with Crippen LogP contribution in [0, 0.1) is 18.3 Å². The van der Waals surface area contributed by atoms with Crippen LogP contribution in [0.5, 0.6) is 11.5 Å². The number of hydrogen-bond acceptors (Lipinski definition) is 6. The number of benzene rings is 2. The van der Waals surface area contributed by atoms with Crippen LogP contribution in [-0.4, -0.2) is 35.8 Å². The molecule has 0 atom stereocenters. The zero-order valence-corrected chi connectivity index (χ0v) is 19.1. The largest absolute Gasteiger partial charge is 0.490 e. The number of imidazole rings is 1. The first-order valence-electron chi connectivity index (χ1n) is 9.78. The van der Waals surface area contributed by atoms with Gasteiger partial charge < -0.3 is 19.2 Å². The van der Waals surface area contributed by atoms with Gasteiger partial charge in [0, 0.05) is 4.47 Å². The van der Waals surface area contributed by atoms with Gasteiger partial charge in [0.05, 0.1) is 29.8 Å². The number of fused-ring (bicyclic) bond motifs is 1. The SMILES string of the molecule is CCOC(=O)COc1cc(Br)c(C=C(C#N)c2nc3ccc(C)cc3[nH]2)cc1OCC. The van der Waals surface area contributed by atoms with Crippen LogP contribution in [0.1, 0.15) is 30.8 Å². The van der Waals surface area contributed by atoms with Crippen molar-refractivity contribution >= 4 is 44.6 Å². The monoisotopic (exact) mass is 483 g/mol. The number of carbonyl (C=O) groups is 1. The van der Waals surface area contributed by atoms with Crippen molar-refractivity contribution in [3.8, 4) is 17.6 Å². The number of carbonyl (C=O) groups excluding carboxylic acids is 1. The summed E-state index contributed by atoms with van der Waals surface area (Å²) in [7, 11) is 0. The topological polar surface area (TPSA) is 97.2 Å². The van der Waals surface area contributed by atoms with E-state index in [-0.39, 0.29) is 13.2 Å². The first kappa shape index (κ1) is 22.4. The van der Waals surface area contributed by atoms with Gasteiger partial charge in [0.15, 0.2) is 18.1 Å². The van der Waals surface area contributed by atoms with Gasteiger partial charge in [-0.3, -0.25) is 0 Å². The number of hydrogen-bond donors (Lipinski definition) is 1. The third-order valence-corrected chi connectivity index (χ3v) is 5.01. The van der Waals surface area contributed by atoms with Crippen LogP contribution < -0.4 is 9.47 Å². The van der Waals surface area contributed by atoms with E-state index in [0.717, 1.165) is 16.6 Å². The van der Waals surface area contributed by atoms with Crippen LogP contribution in [0.4, 0.5) is 0 Å². The number of H-pyrrole nitrogens is 1. The molecule has 0 fully saturated rings. The number of rotatable bonds is 8. The molecule has 3 rings (SSSR count). The highest BCUT2D eigenvalue weighted by Gasteiger charge is 2.14. The second-order valence-corrected chi connectivity index (χ2v) is 7.48. The number of aromatic amines is 1. The second-order valence-electron chi connectivity index (χ2n) is 6.62. The molecule has 0 saturated heterocycles. The highest BCUT2D eigenvalue weighted by Crippen LogP contribution is 2.35. The molecule has 0 amide bonds. The first-order valence-corrected chi connectivity index (χ1v) is 10.6. The molecule has 0 saturated carbocycles. The van der Waals surface area contributed by atoms with Crippen LogP contribution in [0.15, 0.2) is 34.8 Å². The Labute approximate surface area is 188 Å². The van der Waals surface area contributed by atoms with Gasteiger partial charge in [-0.2, -0.15) is 5.26 Å². The van der Waals surface area contributed by atoms with Crippen molar-refractivity contribution in [1.82, 2.24) is 9.97 Å². The number of aromatic nitrogens is 2. The molecule has 0 unspecified atom stereocenters. The zero-order valence-electron chi connectivity index (χ0n) is 17.5. The van der Waals surface area contributed by atoms with Crippen LogP contribution in [0.3, 0.4) is 0 Å². The number of allylic oxidation sites excluding steroid dienone is 1. The molecular weight excluding hydrogens is 462 g/mol. The van der Waals surface area contributed by atoms with Crippen molar-refractivity contribution < 1.29 is 19.0 Å². The summed E-state index contributed by atoms with van der Waals surface area (Å²) in [5.41, 5.74) is 3.84. The highest BCUT2D eigenvalue weighted by molar-refractivity contribution is 9.10. The van der Waals surface area contributed by atoms with Crippen LogP contribution >= 0.6 is 15.9 Å². The summed E-state index contributed by atoms with van der Waals surface area (Å²) in [6.07, 6.45) is 1.71. The van der Waals surface area contributed by atoms with Crippen LogP contribution in [-0.2, 0) is 9.53 Å². The molecule has 1 heterocycles. The molecular formula is C23H22BrN3O4. The van der Waals surface area contributed by atoms with E-state index in [0.29, 0.717) is 39.5 Å². The zero-order chi connectivity index (χ0) is 22.4. The normalized spacial score (nSPS) is 11.3. The van der Waals surface area contributed by atoms with Crippen molar-refractivity contribution in [3.63, 3.8) is 0 Å². The molecule has 3 aromatic rings. The molecule has 0 spiro atoms. The maximum Gasteiger partial charge on any atom is 0.344 e. The average molecular weight is 484 g/mol. The van der Waals surface area contributed by atoms with E-state index >= 15 is 0 Å². The Kier molecular flexibility index (Phi) is 7.32. The van der Waals surface area contributed by atoms with Gasteiger partial charge in [0.25, 0.3) is 0 Å². The van der Waals surface area contributed by atoms with Gasteiger partial charge in [-0.05, 0) is 62.2 Å². The van der Waals surface area contributed by atoms with Crippen LogP contribution in [0.2, 0.25) is 0 Å². The molecule has 8 heteroatoms. The van der Waals surface area contributed by atoms with E-state index in [1.807, 2.05) is 32.0 Å². The lowest BCUT2D eigenvalue weighted by Gasteiger charge is -2.13. The summed E-state index contributed by atoms with van der Waals surface area (Å²) in [4.78, 5) is 19.3. The molecule has 7 nitrogen and oxygen atoms in total. The summed E-state index contributed by atoms with van der Waals surface area (Å²) in [6.45, 7) is 6.05. The van der Waals surface area contributed by atoms with E-state index in [1.165, 1.54) is 0 Å². The standard InChI is InChI=1S/C23H22BrN3O4/c1-4-29-20-10-15(17(24)11-21(20)31-13-22(28)30-5-2)9-16(12-25)23-26-18-7-6-14(3)8-19(18)27-23/h6-11H,4-5,13H2,1-3H3,(H,26,27). The Morgan fingerprint density at radius 2 is 1.97 bits per heavy atom. The predicted octanol–water partition coefficient (Wildman–Crippen LogP) is 5.04. The van der Waals surface area contributed by atoms with E-state index in [4.69, 9.17) is 14.2 Å². The summed E-state index contributed by atoms with van der Waals surface area (Å²) >= 11 is 3.51. The van der Waals surface area contributed by atoms with E-state index in [1.54, 1.807) is 25.1 Å². The van der Waals surface area contributed by atoms with E-state index < -0.39 is 5.97 Å². The Bertz CT molecular complexity index is 1180. The minimum atomic E-state index is -0.461. The fraction of sp³-hybridized carbons (Fsp3) is 0.261. The van der Waals surface area contributed by atoms with E-state index in [2.05, 4.69) is 32.0 Å². The van der Waals surface area contributed by atoms with Gasteiger partial charge in [0.1, 0.15) is 11.9 Å². The Hall–Kier alpha value is -3.31. The Balaban J connectivity index is 1.95. The summed E-state index contributed by atoms with van der Waals surface area (Å²) in [6, 6.07) is 11.5. The minimum absolute atomic E-state index is 0.225. The van der Waals surface area contributed by atoms with Crippen LogP contribution in [0.25, 0.3) is 22.7 Å². The van der Waals surface area contributed by atoms with Crippen molar-refractivity contribution in [2.75, 3.05) is 19.8 Å². The maximum absolute atomic E-state index is 11.6. The molecule has 160 valence electrons. The van der Waals surface area contributed by atoms with Gasteiger partial charge >= 0.3 is 5.97 Å². The fourth-order valence-corrected chi connectivity index (χ4v) is 3.38. The van der Waals surface area contributed by atoms with E-state index in [9.17, 15) is 10.1 Å². The van der Waals surface area contributed by atoms with Gasteiger partial charge in [-0.1, -0.05) is 22.0 Å². The van der Waals surface area contributed by atoms with Gasteiger partial charge in [0.2, 0.25) is 0 Å². The average Bonchev–Trinajstić information content (AvgIpc) is 3.16. The quantitative estimate of drug-likeness (QED) is 0.356. The van der Waals surface area contributed by atoms with Crippen molar-refractivity contribution in [3.05, 3.63) is 51.8 Å². The molecule has 1 N–H and O–H groups in total. The third-order valence-electron chi connectivity index (χ3n) is 4.33. The van der Waals surface area contributed by atoms with Crippen molar-refractivity contribution in [2.24, 2.45) is 0 Å². The number of aryl methyl sites for hydroxylation is 1. The fourth-order valence-electron chi connectivity index (χ4n) is 2.94. The van der Waals surface area contributed by atoms with Crippen molar-refractivity contribution in [1.29, 1.82) is 5.26 Å². The van der Waals surface area contributed by atoms with Crippen molar-refractivity contribution in [2.45, 2.75) is 20.8 Å². The second kappa shape index (κ2) is 10.1. The Morgan fingerprint density at radius 1 is 1.19 bits per heavy atom. The first-order chi connectivity index (χ1) is 14.9. The number of nitrogens with one attached hydrogen (secondary N) is 1. The minimum Gasteiger partial charge on any atom is -0.490 e. The number of esters is 1. The molecule has 1 aromatic heterocycles. The lowest BCUT2D eigenvalue weighted by Crippen LogP contribution is -2.15. The lowest BCUT2D eigenvalue weighted by atomic mass is 10.1. The van der Waals surface area contributed by atoms with Gasteiger partial charge in [-0.25, -0.2) is 9.78 Å². The number of nitriles is 1. The molecule has 0 radical (unpaired) electrons. The third kappa shape index (κ3) is 5.44. The Morgan fingerprint density at radius 3 is 2.68 bits per heavy atom. The smallest absolute Gasteiger partial charge is 0.344 e. The summed E-state index contributed by atoms with van der Waals surface area (Å²) in [5, 5.41) is 9.73. The molecule has 0 bridgehead atoms. The number of halogens is 1. The summed E-state index contributed by atoms with van der Waals surface area (Å²) in [5.74, 6) is 0.878. The molecule has 31 heavy (non-hydrogen) atoms. The summed E-state index contributed by atoms with van der Waals surface area (Å²) < 4.78 is 16.8. The molecule has 2 aromatic carbocycles. The molecule has 0 aliphatic heterocycles. The molecule has 0 aliphatic carbocycles. The predicted molar refractivity (Wildman–Crippen MR) is 122 cm³/mol. The lowest BCUT2D eigenvalue weighted by molar-refractivity contribution is -0.145. The molecule has 0 aliphatic rings. The maximum atomic E-state index is 11.6.